The van der Waals surface area contributed by atoms with Gasteiger partial charge in [0.1, 0.15) is 19.9 Å². The van der Waals surface area contributed by atoms with Gasteiger partial charge >= 0.3 is 0 Å². The highest BCUT2D eigenvalue weighted by Gasteiger charge is 2.45. The van der Waals surface area contributed by atoms with Gasteiger partial charge in [0.2, 0.25) is 6.79 Å². The Balaban J connectivity index is 1.41. The van der Waals surface area contributed by atoms with Crippen molar-refractivity contribution in [1.29, 1.82) is 0 Å². The number of ether oxygens (including phenoxy) is 3. The lowest BCUT2D eigenvalue weighted by atomic mass is 9.96. The third-order valence-electron chi connectivity index (χ3n) is 6.41. The van der Waals surface area contributed by atoms with E-state index in [0.29, 0.717) is 11.3 Å². The lowest BCUT2D eigenvalue weighted by Crippen LogP contribution is -2.17. The zero-order valence-corrected chi connectivity index (χ0v) is 19.2. The fourth-order valence-corrected chi connectivity index (χ4v) is 5.30. The van der Waals surface area contributed by atoms with E-state index in [-0.39, 0.29) is 12.2 Å². The molecule has 10 heteroatoms. The number of benzene rings is 2. The first-order valence-corrected chi connectivity index (χ1v) is 11.6. The van der Waals surface area contributed by atoms with Gasteiger partial charge in [0.25, 0.3) is 0 Å². The molecule has 2 aromatic carbocycles. The Morgan fingerprint density at radius 2 is 1.91 bits per heavy atom. The quantitative estimate of drug-likeness (QED) is 0.439. The Kier molecular flexibility index (Phi) is 4.65. The lowest BCUT2D eigenvalue weighted by molar-refractivity contribution is 0.174. The van der Waals surface area contributed by atoms with E-state index in [9.17, 15) is 0 Å². The zero-order valence-electron chi connectivity index (χ0n) is 18.4. The number of hydrogen-bond donors (Lipinski definition) is 1. The number of nitrogens with zero attached hydrogens (tertiary/aromatic N) is 4. The molecular formula is C23H22BN5O3S. The number of anilines is 1. The molecule has 6 rings (SSSR count). The minimum absolute atomic E-state index is 0.0405. The maximum Gasteiger partial charge on any atom is 0.231 e. The predicted molar refractivity (Wildman–Crippen MR) is 129 cm³/mol. The van der Waals surface area contributed by atoms with Crippen molar-refractivity contribution >= 4 is 42.1 Å². The Morgan fingerprint density at radius 1 is 1.15 bits per heavy atom. The zero-order chi connectivity index (χ0) is 22.6. The van der Waals surface area contributed by atoms with Gasteiger partial charge in [0.15, 0.2) is 33.6 Å². The normalized spacial score (nSPS) is 15.7. The molecule has 0 atom stereocenters. The van der Waals surface area contributed by atoms with Crippen LogP contribution in [0.5, 0.6) is 17.2 Å². The van der Waals surface area contributed by atoms with Gasteiger partial charge in [0.05, 0.1) is 7.11 Å². The number of rotatable bonds is 6. The molecule has 166 valence electrons. The van der Waals surface area contributed by atoms with Crippen LogP contribution in [0.4, 0.5) is 5.82 Å². The summed E-state index contributed by atoms with van der Waals surface area (Å²) >= 11 is 1.58. The molecule has 0 amide bonds. The van der Waals surface area contributed by atoms with Crippen LogP contribution in [-0.2, 0) is 12.0 Å². The number of imidazole rings is 1. The molecule has 0 unspecified atom stereocenters. The summed E-state index contributed by atoms with van der Waals surface area (Å²) < 4.78 is 18.6. The van der Waals surface area contributed by atoms with Crippen LogP contribution in [0, 0.1) is 0 Å². The van der Waals surface area contributed by atoms with Crippen molar-refractivity contribution in [3.63, 3.8) is 0 Å². The van der Waals surface area contributed by atoms with Crippen LogP contribution in [0.15, 0.2) is 52.8 Å². The summed E-state index contributed by atoms with van der Waals surface area (Å²) in [5.41, 5.74) is 9.98. The molecule has 0 radical (unpaired) electrons. The first kappa shape index (κ1) is 20.2. The molecule has 3 heterocycles. The highest BCUT2D eigenvalue weighted by molar-refractivity contribution is 7.99. The number of methoxy groups -OCH3 is 1. The van der Waals surface area contributed by atoms with E-state index in [1.807, 2.05) is 24.3 Å². The van der Waals surface area contributed by atoms with E-state index in [4.69, 9.17) is 24.9 Å². The first-order valence-electron chi connectivity index (χ1n) is 10.8. The van der Waals surface area contributed by atoms with Crippen molar-refractivity contribution in [2.24, 2.45) is 0 Å². The fraction of sp³-hybridized carbons (Fsp3) is 0.261. The molecule has 4 aromatic rings. The van der Waals surface area contributed by atoms with Gasteiger partial charge in [-0.25, -0.2) is 15.0 Å². The Hall–Kier alpha value is -3.40. The standard InChI is InChI=1S/C23H22BN5O3S/c1-30-14-4-2-13(3-5-14)23(6-7-23)10-29-21-19(20(25)26-11-27-21)28-22(29)33-18-9-17-16(8-15(18)24)31-12-32-17/h2-5,8-9,11H,6-7,10,12,24H2,1H3,(H2,25,26,27). The average Bonchev–Trinajstić information content (AvgIpc) is 3.34. The Morgan fingerprint density at radius 3 is 2.64 bits per heavy atom. The third kappa shape index (κ3) is 3.45. The summed E-state index contributed by atoms with van der Waals surface area (Å²) in [5.74, 6) is 2.77. The largest absolute Gasteiger partial charge is 0.497 e. The summed E-state index contributed by atoms with van der Waals surface area (Å²) in [5, 5.41) is 0.832. The maximum atomic E-state index is 6.17. The van der Waals surface area contributed by atoms with Crippen LogP contribution >= 0.6 is 11.8 Å². The number of hydrogen-bond acceptors (Lipinski definition) is 8. The maximum absolute atomic E-state index is 6.17. The van der Waals surface area contributed by atoms with Crippen LogP contribution in [-0.4, -0.2) is 41.3 Å². The molecule has 0 spiro atoms. The van der Waals surface area contributed by atoms with Gasteiger partial charge in [-0.1, -0.05) is 29.4 Å². The Labute approximate surface area is 195 Å². The SMILES string of the molecule is Bc1cc2c(cc1Sc1nc3c(N)ncnc3n1CC1(c3ccc(OC)cc3)CC1)OCO2. The summed E-state index contributed by atoms with van der Waals surface area (Å²) in [6.45, 7) is 1.01. The van der Waals surface area contributed by atoms with Gasteiger partial charge in [-0.05, 0) is 42.7 Å². The van der Waals surface area contributed by atoms with Crippen molar-refractivity contribution < 1.29 is 14.2 Å². The van der Waals surface area contributed by atoms with Gasteiger partial charge in [-0.3, -0.25) is 0 Å². The van der Waals surface area contributed by atoms with Crippen LogP contribution in [0.2, 0.25) is 0 Å². The van der Waals surface area contributed by atoms with Crippen molar-refractivity contribution in [3.8, 4) is 17.2 Å². The van der Waals surface area contributed by atoms with E-state index >= 15 is 0 Å². The molecule has 1 aliphatic heterocycles. The molecular weight excluding hydrogens is 437 g/mol. The topological polar surface area (TPSA) is 97.3 Å². The molecule has 8 nitrogen and oxygen atoms in total. The predicted octanol–water partition coefficient (Wildman–Crippen LogP) is 2.29. The summed E-state index contributed by atoms with van der Waals surface area (Å²) in [6.07, 6.45) is 3.71. The molecule has 2 aliphatic rings. The second kappa shape index (κ2) is 7.59. The summed E-state index contributed by atoms with van der Waals surface area (Å²) in [7, 11) is 3.75. The second-order valence-electron chi connectivity index (χ2n) is 8.49. The number of aromatic nitrogens is 4. The lowest BCUT2D eigenvalue weighted by Gasteiger charge is -2.19. The van der Waals surface area contributed by atoms with E-state index in [1.165, 1.54) is 11.9 Å². The highest BCUT2D eigenvalue weighted by atomic mass is 32.2. The minimum atomic E-state index is 0.0405. The molecule has 2 N–H and O–H groups in total. The Bertz CT molecular complexity index is 1370. The van der Waals surface area contributed by atoms with Crippen molar-refractivity contribution in [2.45, 2.75) is 34.9 Å². The van der Waals surface area contributed by atoms with E-state index in [1.54, 1.807) is 18.9 Å². The fourth-order valence-electron chi connectivity index (χ4n) is 4.32. The highest BCUT2D eigenvalue weighted by Crippen LogP contribution is 2.51. The van der Waals surface area contributed by atoms with Gasteiger partial charge in [0, 0.05) is 16.9 Å². The molecule has 0 bridgehead atoms. The van der Waals surface area contributed by atoms with Crippen LogP contribution in [0.1, 0.15) is 18.4 Å². The first-order chi connectivity index (χ1) is 16.1. The van der Waals surface area contributed by atoms with E-state index in [2.05, 4.69) is 34.5 Å². The number of nitrogen functional groups attached to an aromatic ring is 1. The van der Waals surface area contributed by atoms with Crippen LogP contribution < -0.4 is 25.4 Å². The van der Waals surface area contributed by atoms with Gasteiger partial charge in [-0.2, -0.15) is 0 Å². The summed E-state index contributed by atoms with van der Waals surface area (Å²) in [4.78, 5) is 14.6. The van der Waals surface area contributed by atoms with Crippen LogP contribution in [0.3, 0.4) is 0 Å². The van der Waals surface area contributed by atoms with Crippen molar-refractivity contribution in [1.82, 2.24) is 19.5 Å². The van der Waals surface area contributed by atoms with E-state index in [0.717, 1.165) is 57.8 Å². The van der Waals surface area contributed by atoms with Crippen LogP contribution in [0.25, 0.3) is 11.2 Å². The molecule has 33 heavy (non-hydrogen) atoms. The average molecular weight is 459 g/mol. The smallest absolute Gasteiger partial charge is 0.231 e. The monoisotopic (exact) mass is 459 g/mol. The molecule has 0 saturated heterocycles. The molecule has 1 aliphatic carbocycles. The second-order valence-corrected chi connectivity index (χ2v) is 9.50. The van der Waals surface area contributed by atoms with Gasteiger partial charge < -0.3 is 24.5 Å². The van der Waals surface area contributed by atoms with Crippen molar-refractivity contribution in [2.75, 3.05) is 19.6 Å². The summed E-state index contributed by atoms with van der Waals surface area (Å²) in [6, 6.07) is 12.4. The molecule has 1 fully saturated rings. The van der Waals surface area contributed by atoms with E-state index < -0.39 is 0 Å². The van der Waals surface area contributed by atoms with Crippen molar-refractivity contribution in [3.05, 3.63) is 48.3 Å². The third-order valence-corrected chi connectivity index (χ3v) is 7.57. The molecule has 2 aromatic heterocycles. The minimum Gasteiger partial charge on any atom is -0.497 e. The van der Waals surface area contributed by atoms with Gasteiger partial charge in [-0.15, -0.1) is 0 Å². The number of nitrogens with two attached hydrogens (primary N) is 1. The molecule has 1 saturated carbocycles. The number of fused-ring (bicyclic) bond motifs is 2.